The summed E-state index contributed by atoms with van der Waals surface area (Å²) in [7, 11) is 0. The van der Waals surface area contributed by atoms with E-state index in [4.69, 9.17) is 34.8 Å². The molecule has 7 nitrogen and oxygen atoms in total. The lowest BCUT2D eigenvalue weighted by Crippen LogP contribution is -2.60. The summed E-state index contributed by atoms with van der Waals surface area (Å²) >= 11 is 18.3. The molecule has 4 amide bonds. The van der Waals surface area contributed by atoms with Crippen molar-refractivity contribution in [2.45, 2.75) is 32.9 Å². The molecule has 0 saturated carbocycles. The molecule has 10 heteroatoms. The van der Waals surface area contributed by atoms with Crippen LogP contribution in [0.2, 0.25) is 15.1 Å². The molecule has 0 aromatic heterocycles. The van der Waals surface area contributed by atoms with Crippen molar-refractivity contribution < 1.29 is 14.4 Å². The number of carbonyl (C=O) groups excluding carboxylic acids is 3. The van der Waals surface area contributed by atoms with E-state index in [2.05, 4.69) is 10.6 Å². The van der Waals surface area contributed by atoms with Crippen LogP contribution in [0.5, 0.6) is 0 Å². The Morgan fingerprint density at radius 1 is 0.971 bits per heavy atom. The first-order chi connectivity index (χ1) is 16.1. The number of hydrogen-bond acceptors (Lipinski definition) is 3. The first-order valence-electron chi connectivity index (χ1n) is 11.0. The number of benzene rings is 2. The first-order valence-corrected chi connectivity index (χ1v) is 12.1. The van der Waals surface area contributed by atoms with Crippen LogP contribution in [0.3, 0.4) is 0 Å². The fourth-order valence-corrected chi connectivity index (χ4v) is 4.42. The van der Waals surface area contributed by atoms with E-state index in [9.17, 15) is 14.4 Å². The van der Waals surface area contributed by atoms with E-state index in [1.165, 1.54) is 0 Å². The average Bonchev–Trinajstić information content (AvgIpc) is 2.79. The quantitative estimate of drug-likeness (QED) is 0.565. The Kier molecular flexibility index (Phi) is 8.68. The third-order valence-electron chi connectivity index (χ3n) is 5.72. The van der Waals surface area contributed by atoms with Crippen molar-refractivity contribution >= 4 is 58.3 Å². The smallest absolute Gasteiger partial charge is 0.319 e. The molecule has 1 heterocycles. The monoisotopic (exact) mass is 524 g/mol. The molecule has 2 N–H and O–H groups in total. The van der Waals surface area contributed by atoms with Gasteiger partial charge in [-0.2, -0.15) is 0 Å². The molecule has 0 bridgehead atoms. The van der Waals surface area contributed by atoms with Gasteiger partial charge >= 0.3 is 6.03 Å². The van der Waals surface area contributed by atoms with Crippen LogP contribution >= 0.6 is 34.8 Å². The van der Waals surface area contributed by atoms with Crippen molar-refractivity contribution in [3.63, 3.8) is 0 Å². The molecule has 1 aliphatic rings. The van der Waals surface area contributed by atoms with Gasteiger partial charge in [-0.3, -0.25) is 9.59 Å². The third-order valence-corrected chi connectivity index (χ3v) is 6.87. The zero-order chi connectivity index (χ0) is 25.0. The highest BCUT2D eigenvalue weighted by Gasteiger charge is 2.35. The standard InChI is InChI=1S/C24H27Cl3N4O3/c1-14(2)21(29-24(34)28-19-10-6-9-18(26)20(19)27)23(33)30-11-12-31(15(3)13-30)22(32)16-7-4-5-8-17(16)25/h4-10,14-15,21H,11-13H2,1-3H3,(H2,28,29,34). The summed E-state index contributed by atoms with van der Waals surface area (Å²) < 4.78 is 0. The van der Waals surface area contributed by atoms with E-state index in [1.807, 2.05) is 20.8 Å². The maximum Gasteiger partial charge on any atom is 0.319 e. The fraction of sp³-hybridized carbons (Fsp3) is 0.375. The molecule has 34 heavy (non-hydrogen) atoms. The number of urea groups is 1. The molecular formula is C24H27Cl3N4O3. The SMILES string of the molecule is CC(C)C(NC(=O)Nc1cccc(Cl)c1Cl)C(=O)N1CCN(C(=O)c2ccccc2Cl)C(C)C1. The Balaban J connectivity index is 1.65. The Labute approximate surface area is 214 Å². The molecule has 2 aromatic rings. The van der Waals surface area contributed by atoms with E-state index < -0.39 is 12.1 Å². The summed E-state index contributed by atoms with van der Waals surface area (Å²) in [6.45, 7) is 6.67. The van der Waals surface area contributed by atoms with Gasteiger partial charge in [-0.25, -0.2) is 4.79 Å². The lowest BCUT2D eigenvalue weighted by molar-refractivity contribution is -0.136. The van der Waals surface area contributed by atoms with Crippen LogP contribution in [-0.4, -0.2) is 59.4 Å². The van der Waals surface area contributed by atoms with E-state index in [1.54, 1.807) is 52.3 Å². The highest BCUT2D eigenvalue weighted by atomic mass is 35.5. The van der Waals surface area contributed by atoms with Gasteiger partial charge in [0.05, 0.1) is 26.3 Å². The van der Waals surface area contributed by atoms with Crippen LogP contribution in [0.4, 0.5) is 10.5 Å². The number of anilines is 1. The summed E-state index contributed by atoms with van der Waals surface area (Å²) in [6.07, 6.45) is 0. The minimum Gasteiger partial charge on any atom is -0.337 e. The molecule has 1 saturated heterocycles. The number of hydrogen-bond donors (Lipinski definition) is 2. The maximum atomic E-state index is 13.3. The molecule has 182 valence electrons. The zero-order valence-corrected chi connectivity index (χ0v) is 21.4. The van der Waals surface area contributed by atoms with Gasteiger partial charge in [0.15, 0.2) is 0 Å². The van der Waals surface area contributed by atoms with Gasteiger partial charge in [-0.1, -0.05) is 66.8 Å². The molecule has 0 radical (unpaired) electrons. The highest BCUT2D eigenvalue weighted by Crippen LogP contribution is 2.29. The number of rotatable bonds is 5. The largest absolute Gasteiger partial charge is 0.337 e. The minimum atomic E-state index is -0.754. The lowest BCUT2D eigenvalue weighted by atomic mass is 10.0. The number of carbonyl (C=O) groups is 3. The fourth-order valence-electron chi connectivity index (χ4n) is 3.86. The second kappa shape index (κ2) is 11.3. The summed E-state index contributed by atoms with van der Waals surface area (Å²) in [5.41, 5.74) is 0.788. The van der Waals surface area contributed by atoms with Crippen molar-refractivity contribution in [2.24, 2.45) is 5.92 Å². The number of nitrogens with one attached hydrogen (secondary N) is 2. The molecule has 0 spiro atoms. The number of halogens is 3. The van der Waals surface area contributed by atoms with Crippen molar-refractivity contribution in [3.8, 4) is 0 Å². The first kappa shape index (κ1) is 26.1. The molecule has 2 aromatic carbocycles. The van der Waals surface area contributed by atoms with Crippen LogP contribution in [0.25, 0.3) is 0 Å². The number of piperazine rings is 1. The van der Waals surface area contributed by atoms with Gasteiger partial charge in [0.2, 0.25) is 5.91 Å². The van der Waals surface area contributed by atoms with Gasteiger partial charge in [-0.05, 0) is 37.1 Å². The molecular weight excluding hydrogens is 499 g/mol. The third kappa shape index (κ3) is 5.95. The zero-order valence-electron chi connectivity index (χ0n) is 19.1. The molecule has 2 unspecified atom stereocenters. The molecule has 0 aliphatic carbocycles. The predicted molar refractivity (Wildman–Crippen MR) is 136 cm³/mol. The summed E-state index contributed by atoms with van der Waals surface area (Å²) in [4.78, 5) is 42.3. The van der Waals surface area contributed by atoms with Crippen molar-refractivity contribution in [1.82, 2.24) is 15.1 Å². The Morgan fingerprint density at radius 2 is 1.65 bits per heavy atom. The van der Waals surface area contributed by atoms with Crippen molar-refractivity contribution in [3.05, 3.63) is 63.1 Å². The second-order valence-corrected chi connectivity index (χ2v) is 9.73. The second-order valence-electron chi connectivity index (χ2n) is 8.53. The summed E-state index contributed by atoms with van der Waals surface area (Å²) in [5, 5.41) is 6.33. The lowest BCUT2D eigenvalue weighted by Gasteiger charge is -2.41. The molecule has 3 rings (SSSR count). The van der Waals surface area contributed by atoms with Gasteiger partial charge in [0, 0.05) is 25.7 Å². The van der Waals surface area contributed by atoms with Crippen LogP contribution < -0.4 is 10.6 Å². The Bertz CT molecular complexity index is 1080. The Hall–Kier alpha value is -2.48. The van der Waals surface area contributed by atoms with Crippen LogP contribution in [-0.2, 0) is 4.79 Å². The van der Waals surface area contributed by atoms with Crippen LogP contribution in [0, 0.1) is 5.92 Å². The van der Waals surface area contributed by atoms with Gasteiger partial charge in [0.25, 0.3) is 5.91 Å². The molecule has 2 atom stereocenters. The van der Waals surface area contributed by atoms with Crippen molar-refractivity contribution in [2.75, 3.05) is 25.0 Å². The number of nitrogens with zero attached hydrogens (tertiary/aromatic N) is 2. The van der Waals surface area contributed by atoms with Crippen molar-refractivity contribution in [1.29, 1.82) is 0 Å². The normalized spacial score (nSPS) is 16.9. The van der Waals surface area contributed by atoms with Gasteiger partial charge in [0.1, 0.15) is 6.04 Å². The minimum absolute atomic E-state index is 0.161. The van der Waals surface area contributed by atoms with Gasteiger partial charge < -0.3 is 20.4 Å². The average molecular weight is 526 g/mol. The summed E-state index contributed by atoms with van der Waals surface area (Å²) in [5.74, 6) is -0.535. The van der Waals surface area contributed by atoms with E-state index in [-0.39, 0.29) is 28.8 Å². The van der Waals surface area contributed by atoms with Crippen LogP contribution in [0.15, 0.2) is 42.5 Å². The Morgan fingerprint density at radius 3 is 2.29 bits per heavy atom. The van der Waals surface area contributed by atoms with E-state index >= 15 is 0 Å². The molecule has 1 fully saturated rings. The van der Waals surface area contributed by atoms with Gasteiger partial charge in [-0.15, -0.1) is 0 Å². The highest BCUT2D eigenvalue weighted by molar-refractivity contribution is 6.44. The van der Waals surface area contributed by atoms with E-state index in [0.717, 1.165) is 0 Å². The molecule has 1 aliphatic heterocycles. The predicted octanol–water partition coefficient (Wildman–Crippen LogP) is 5.17. The summed E-state index contributed by atoms with van der Waals surface area (Å²) in [6, 6.07) is 10.3. The van der Waals surface area contributed by atoms with Crippen LogP contribution in [0.1, 0.15) is 31.1 Å². The number of amides is 4. The van der Waals surface area contributed by atoms with E-state index in [0.29, 0.717) is 40.9 Å². The topological polar surface area (TPSA) is 81.8 Å². The maximum absolute atomic E-state index is 13.3.